The summed E-state index contributed by atoms with van der Waals surface area (Å²) in [5, 5.41) is 40.8. The number of fused-ring (bicyclic) bond motifs is 4. The maximum Gasteiger partial charge on any atom is 0.488 e. The lowest BCUT2D eigenvalue weighted by atomic mass is 9.79. The van der Waals surface area contributed by atoms with Crippen LogP contribution in [0.25, 0.3) is 55.4 Å². The number of H-pyrrole nitrogens is 2. The molecule has 23 nitrogen and oxygen atoms in total. The third kappa shape index (κ3) is 11.9. The smallest absolute Gasteiger partial charge is 0.423 e. The highest BCUT2D eigenvalue weighted by Gasteiger charge is 2.25. The van der Waals surface area contributed by atoms with Crippen LogP contribution in [0.15, 0.2) is 162 Å². The van der Waals surface area contributed by atoms with Gasteiger partial charge in [-0.25, -0.2) is 45.2 Å². The molecule has 10 N–H and O–H groups in total. The second-order valence-corrected chi connectivity index (χ2v) is 19.0. The fraction of sp³-hybridized carbons (Fsp3) is 0.190. The van der Waals surface area contributed by atoms with Gasteiger partial charge in [0.1, 0.15) is 29.0 Å². The van der Waals surface area contributed by atoms with E-state index in [2.05, 4.69) is 56.2 Å². The summed E-state index contributed by atoms with van der Waals surface area (Å²) in [6, 6.07) is 36.4. The number of nitrogens with zero attached hydrogens (tertiary/aromatic N) is 9. The molecule has 0 aliphatic heterocycles. The van der Waals surface area contributed by atoms with Gasteiger partial charge in [0.05, 0.1) is 63.4 Å². The number of aryl methyl sites for hydroxylation is 1. The number of imidazole rings is 2. The number of carbonyl (C=O) groups is 2. The average molecular weight is 1100 g/mol. The average Bonchev–Trinajstić information content (AvgIpc) is 3.70. The Morgan fingerprint density at radius 2 is 1.27 bits per heavy atom. The highest BCUT2D eigenvalue weighted by Crippen LogP contribution is 2.29. The minimum atomic E-state index is -1.69. The van der Waals surface area contributed by atoms with E-state index in [-0.39, 0.29) is 34.7 Å². The second-order valence-electron chi connectivity index (χ2n) is 19.0. The summed E-state index contributed by atoms with van der Waals surface area (Å²) in [6.45, 7) is 4.50. The number of hydrogen-bond acceptors (Lipinski definition) is 16. The van der Waals surface area contributed by atoms with Gasteiger partial charge in [-0.3, -0.25) is 28.7 Å². The molecule has 0 spiro atoms. The van der Waals surface area contributed by atoms with Crippen LogP contribution in [0.5, 0.6) is 0 Å². The molecule has 82 heavy (non-hydrogen) atoms. The number of amides is 3. The van der Waals surface area contributed by atoms with E-state index in [1.54, 1.807) is 63.8 Å². The lowest BCUT2D eigenvalue weighted by Gasteiger charge is -2.22. The molecular weight excluding hydrogens is 1040 g/mol. The zero-order chi connectivity index (χ0) is 57.1. The normalized spacial score (nSPS) is 11.9. The number of hydrogen-bond donors (Lipinski definition) is 10. The third-order valence-corrected chi connectivity index (χ3v) is 13.8. The summed E-state index contributed by atoms with van der Waals surface area (Å²) >= 11 is 0. The SMILES string of the molecule is CC[C@H](Nc1nccc2[nH]cnc12)c1nc2cccc(CCCCNC(=O)NO)c2c(=O)n1-c1ccccc1.CC[C@H](Nc1ncnc2nc[nH]c12)c1nc2cccc(CNC(=O)c3cccc(B(O)O)c3)c2c(=O)n1-c1ccccc1. The number of carbonyl (C=O) groups excluding carboxylic acids is 2. The van der Waals surface area contributed by atoms with Gasteiger partial charge in [0, 0.05) is 24.8 Å². The summed E-state index contributed by atoms with van der Waals surface area (Å²) in [5.41, 5.74) is 8.33. The van der Waals surface area contributed by atoms with Gasteiger partial charge in [0.2, 0.25) is 0 Å². The largest absolute Gasteiger partial charge is 0.488 e. The number of urea groups is 1. The summed E-state index contributed by atoms with van der Waals surface area (Å²) in [5.74, 6) is 1.83. The highest BCUT2D eigenvalue weighted by atomic mass is 16.5. The number of benzene rings is 5. The monoisotopic (exact) mass is 1100 g/mol. The number of pyridine rings is 1. The van der Waals surface area contributed by atoms with Crippen LogP contribution in [0.1, 0.15) is 84.7 Å². The Labute approximate surface area is 468 Å². The van der Waals surface area contributed by atoms with Crippen LogP contribution in [-0.2, 0) is 13.0 Å². The molecule has 0 fully saturated rings. The maximum absolute atomic E-state index is 14.3. The molecule has 0 radical (unpaired) electrons. The summed E-state index contributed by atoms with van der Waals surface area (Å²) < 4.78 is 3.27. The molecule has 6 heterocycles. The van der Waals surface area contributed by atoms with Gasteiger partial charge in [0.25, 0.3) is 17.0 Å². The number of unbranched alkanes of at least 4 members (excludes halogenated alkanes) is 1. The molecular formula is C58H57BN16O7. The van der Waals surface area contributed by atoms with E-state index in [0.29, 0.717) is 99.7 Å². The Morgan fingerprint density at radius 1 is 0.646 bits per heavy atom. The molecule has 3 amide bonds. The summed E-state index contributed by atoms with van der Waals surface area (Å²) in [6.07, 6.45) is 9.64. The number of para-hydroxylation sites is 2. The van der Waals surface area contributed by atoms with Crippen LogP contribution in [0.3, 0.4) is 0 Å². The van der Waals surface area contributed by atoms with Crippen molar-refractivity contribution in [2.75, 3.05) is 17.2 Å². The Bertz CT molecular complexity index is 4180. The summed E-state index contributed by atoms with van der Waals surface area (Å²) in [4.78, 5) is 90.5. The quantitative estimate of drug-likeness (QED) is 0.0180. The predicted octanol–water partition coefficient (Wildman–Crippen LogP) is 6.46. The number of nitrogens with one attached hydrogen (secondary N) is 7. The molecule has 2 atom stereocenters. The van der Waals surface area contributed by atoms with Gasteiger partial charge in [-0.05, 0) is 103 Å². The second kappa shape index (κ2) is 25.3. The maximum atomic E-state index is 14.3. The molecule has 0 bridgehead atoms. The van der Waals surface area contributed by atoms with Crippen molar-refractivity contribution in [3.05, 3.63) is 202 Å². The summed E-state index contributed by atoms with van der Waals surface area (Å²) in [7, 11) is -1.69. The first-order valence-corrected chi connectivity index (χ1v) is 26.6. The van der Waals surface area contributed by atoms with E-state index in [1.165, 1.54) is 18.5 Å². The molecule has 414 valence electrons. The van der Waals surface area contributed by atoms with Gasteiger partial charge in [0.15, 0.2) is 17.3 Å². The molecule has 0 saturated heterocycles. The standard InChI is InChI=1S/C30H27BN8O4.C28H30N8O3/c1-2-22(37-27-25-26(34-16-33-25)35-17-36-27)28-38-23-13-7-9-19(24(23)30(41)39(28)21-11-4-3-5-12-21)15-32-29(40)18-8-6-10-20(14-18)31(42)43;1-2-20(33-25-24-22(14-16-29-25)31-17-32-24)26-34-21-13-8-10-18(9-6-7-15-30-28(38)35-39)23(21)27(37)36(26)19-11-4-3-5-12-19/h3-14,16-17,22,42-43H,2,15H2,1H3,(H,32,40)(H2,33,34,35,36,37);3-5,8,10-14,16-17,20,39H,2,6-7,9,15H2,1H3,(H,29,33)(H,31,32)(H2,30,35,38)/t22-;20-/m00/s1. The van der Waals surface area contributed by atoms with E-state index < -0.39 is 25.1 Å². The Morgan fingerprint density at radius 3 is 1.91 bits per heavy atom. The number of aromatic nitrogens is 11. The first-order chi connectivity index (χ1) is 40.0. The predicted molar refractivity (Wildman–Crippen MR) is 312 cm³/mol. The van der Waals surface area contributed by atoms with Crippen LogP contribution in [-0.4, -0.2) is 94.8 Å². The minimum absolute atomic E-state index is 0.0569. The third-order valence-electron chi connectivity index (χ3n) is 13.8. The minimum Gasteiger partial charge on any atom is -0.423 e. The van der Waals surface area contributed by atoms with Crippen molar-refractivity contribution in [1.29, 1.82) is 0 Å². The van der Waals surface area contributed by atoms with Crippen LogP contribution in [0.4, 0.5) is 16.4 Å². The molecule has 0 unspecified atom stereocenters. The fourth-order valence-corrected chi connectivity index (χ4v) is 9.78. The highest BCUT2D eigenvalue weighted by molar-refractivity contribution is 6.58. The zero-order valence-corrected chi connectivity index (χ0v) is 44.6. The van der Waals surface area contributed by atoms with Crippen LogP contribution >= 0.6 is 0 Å². The van der Waals surface area contributed by atoms with Gasteiger partial charge < -0.3 is 41.3 Å². The fourth-order valence-electron chi connectivity index (χ4n) is 9.78. The van der Waals surface area contributed by atoms with Crippen LogP contribution < -0.4 is 43.3 Å². The first kappa shape index (κ1) is 55.2. The van der Waals surface area contributed by atoms with Gasteiger partial charge >= 0.3 is 13.1 Å². The topological polar surface area (TPSA) is 321 Å². The van der Waals surface area contributed by atoms with Crippen molar-refractivity contribution in [2.45, 2.75) is 64.6 Å². The van der Waals surface area contributed by atoms with Crippen LogP contribution in [0.2, 0.25) is 0 Å². The Balaban J connectivity index is 0.000000185. The van der Waals surface area contributed by atoms with E-state index in [4.69, 9.17) is 15.2 Å². The van der Waals surface area contributed by atoms with Gasteiger partial charge in [-0.2, -0.15) is 0 Å². The number of anilines is 2. The van der Waals surface area contributed by atoms with E-state index in [0.717, 1.165) is 28.7 Å². The van der Waals surface area contributed by atoms with E-state index in [9.17, 15) is 29.2 Å². The van der Waals surface area contributed by atoms with E-state index >= 15 is 0 Å². The van der Waals surface area contributed by atoms with Gasteiger partial charge in [-0.15, -0.1) is 0 Å². The zero-order valence-electron chi connectivity index (χ0n) is 44.6. The Kier molecular flexibility index (Phi) is 17.0. The lowest BCUT2D eigenvalue weighted by molar-refractivity contribution is 0.0951. The molecule has 11 rings (SSSR count). The molecule has 5 aromatic carbocycles. The Hall–Kier alpha value is -10.2. The molecule has 6 aromatic heterocycles. The van der Waals surface area contributed by atoms with Crippen molar-refractivity contribution >= 4 is 80.2 Å². The van der Waals surface area contributed by atoms with Crippen molar-refractivity contribution in [3.63, 3.8) is 0 Å². The number of hydroxylamine groups is 1. The number of rotatable bonds is 19. The molecule has 0 aliphatic carbocycles. The molecule has 24 heteroatoms. The molecule has 11 aromatic rings. The molecule has 0 saturated carbocycles. The van der Waals surface area contributed by atoms with Crippen molar-refractivity contribution in [2.24, 2.45) is 0 Å². The lowest BCUT2D eigenvalue weighted by Crippen LogP contribution is -2.33. The first-order valence-electron chi connectivity index (χ1n) is 26.6. The molecule has 0 aliphatic rings. The van der Waals surface area contributed by atoms with Crippen molar-refractivity contribution in [1.82, 2.24) is 70.1 Å². The van der Waals surface area contributed by atoms with Crippen molar-refractivity contribution < 1.29 is 24.8 Å². The van der Waals surface area contributed by atoms with Crippen molar-refractivity contribution in [3.8, 4) is 11.4 Å². The number of aromatic amines is 2. The van der Waals surface area contributed by atoms with E-state index in [1.807, 2.05) is 98.8 Å². The van der Waals surface area contributed by atoms with Crippen LogP contribution in [0, 0.1) is 0 Å². The van der Waals surface area contributed by atoms with Gasteiger partial charge in [-0.1, -0.05) is 86.6 Å².